The van der Waals surface area contributed by atoms with Gasteiger partial charge < -0.3 is 38.6 Å². The Morgan fingerprint density at radius 1 is 1.03 bits per heavy atom. The van der Waals surface area contributed by atoms with E-state index in [9.17, 15) is 19.8 Å². The van der Waals surface area contributed by atoms with E-state index in [-0.39, 0.29) is 22.8 Å². The summed E-state index contributed by atoms with van der Waals surface area (Å²) in [6.45, 7) is 4.38. The van der Waals surface area contributed by atoms with E-state index < -0.39 is 42.6 Å². The number of rotatable bonds is 6. The first kappa shape index (κ1) is 24.4. The number of halogens is 1. The maximum absolute atomic E-state index is 12.3. The number of methoxy groups -OCH3 is 3. The Morgan fingerprint density at radius 2 is 1.63 bits per heavy atom. The molecule has 0 aliphatic carbocycles. The topological polar surface area (TPSA) is 130 Å². The lowest BCUT2D eigenvalue weighted by atomic mass is 9.99. The van der Waals surface area contributed by atoms with Crippen molar-refractivity contribution in [1.82, 2.24) is 0 Å². The van der Waals surface area contributed by atoms with Gasteiger partial charge in [0.1, 0.15) is 17.8 Å². The molecule has 30 heavy (non-hydrogen) atoms. The van der Waals surface area contributed by atoms with Gasteiger partial charge in [0.25, 0.3) is 0 Å². The number of hydrogen-bond donors (Lipinski definition) is 2. The van der Waals surface area contributed by atoms with Crippen LogP contribution in [0.4, 0.5) is 0 Å². The van der Waals surface area contributed by atoms with E-state index >= 15 is 0 Å². The summed E-state index contributed by atoms with van der Waals surface area (Å²) in [5.74, 6) is -0.976. The molecule has 2 rings (SSSR count). The summed E-state index contributed by atoms with van der Waals surface area (Å²) in [6, 6.07) is 0. The van der Waals surface area contributed by atoms with Gasteiger partial charge in [-0.2, -0.15) is 0 Å². The summed E-state index contributed by atoms with van der Waals surface area (Å²) in [7, 11) is 3.98. The Bertz CT molecular complexity index is 811. The molecule has 0 radical (unpaired) electrons. The Hall–Kier alpha value is -1.83. The van der Waals surface area contributed by atoms with Crippen LogP contribution < -0.4 is 14.2 Å². The molecule has 1 heterocycles. The normalized spacial score (nSPS) is 26.0. The smallest absolute Gasteiger partial charge is 0.342 e. The monoisotopic (exact) mass is 540 g/mol. The van der Waals surface area contributed by atoms with E-state index in [1.54, 1.807) is 13.8 Å². The van der Waals surface area contributed by atoms with Crippen molar-refractivity contribution in [3.05, 3.63) is 14.7 Å². The average Bonchev–Trinajstić information content (AvgIpc) is 2.71. The van der Waals surface area contributed by atoms with Gasteiger partial charge in [-0.05, 0) is 42.0 Å². The third-order valence-electron chi connectivity index (χ3n) is 4.66. The van der Waals surface area contributed by atoms with E-state index in [0.717, 1.165) is 6.92 Å². The number of ether oxygens (including phenoxy) is 6. The molecule has 5 atom stereocenters. The maximum Gasteiger partial charge on any atom is 0.342 e. The molecule has 0 saturated carbocycles. The Morgan fingerprint density at radius 3 is 2.13 bits per heavy atom. The zero-order chi connectivity index (χ0) is 22.7. The SMILES string of the molecule is COC(=O)c1c(C)c(I)c(O[C@@H]2O[C@@H](C)[C@H](O)[C@@H](O)[C@H]2OC(C)=O)c(OC)c1OC. The van der Waals surface area contributed by atoms with Crippen LogP contribution in [0.5, 0.6) is 17.2 Å². The molecule has 1 aromatic rings. The van der Waals surface area contributed by atoms with Crippen LogP contribution in [-0.2, 0) is 19.0 Å². The Balaban J connectivity index is 2.58. The van der Waals surface area contributed by atoms with E-state index in [4.69, 9.17) is 28.4 Å². The fourth-order valence-electron chi connectivity index (χ4n) is 3.13. The van der Waals surface area contributed by atoms with Gasteiger partial charge in [0.2, 0.25) is 12.0 Å². The van der Waals surface area contributed by atoms with Crippen molar-refractivity contribution in [2.75, 3.05) is 21.3 Å². The minimum absolute atomic E-state index is 0.0887. The summed E-state index contributed by atoms with van der Waals surface area (Å²) >= 11 is 1.96. The number of carbonyl (C=O) groups excluding carboxylic acids is 2. The molecule has 0 amide bonds. The van der Waals surface area contributed by atoms with Crippen molar-refractivity contribution in [2.45, 2.75) is 51.5 Å². The zero-order valence-electron chi connectivity index (χ0n) is 17.4. The molecule has 1 saturated heterocycles. The molecular weight excluding hydrogens is 515 g/mol. The van der Waals surface area contributed by atoms with Gasteiger partial charge in [-0.15, -0.1) is 0 Å². The second kappa shape index (κ2) is 9.98. The summed E-state index contributed by atoms with van der Waals surface area (Å²) in [4.78, 5) is 23.8. The van der Waals surface area contributed by atoms with Crippen molar-refractivity contribution >= 4 is 34.5 Å². The first-order valence-electron chi connectivity index (χ1n) is 8.96. The quantitative estimate of drug-likeness (QED) is 0.401. The fraction of sp³-hybridized carbons (Fsp3) is 0.579. The molecule has 1 fully saturated rings. The van der Waals surface area contributed by atoms with Crippen LogP contribution in [0, 0.1) is 10.5 Å². The standard InChI is InChI=1S/C19H25IO10/c1-7-10(18(24)27-6)14(25-4)17(26-5)15(11(7)20)30-19-16(29-9(3)21)13(23)12(22)8(2)28-19/h8,12-13,16,19,22-23H,1-6H3/t8-,12-,13+,16+,19-/m0/s1. The third-order valence-corrected chi connectivity index (χ3v) is 5.96. The minimum Gasteiger partial charge on any atom is -0.492 e. The van der Waals surface area contributed by atoms with Crippen LogP contribution in [0.15, 0.2) is 0 Å². The van der Waals surface area contributed by atoms with Crippen molar-refractivity contribution < 1.29 is 48.2 Å². The largest absolute Gasteiger partial charge is 0.492 e. The first-order chi connectivity index (χ1) is 14.1. The molecule has 1 aromatic carbocycles. The summed E-state index contributed by atoms with van der Waals surface area (Å²) in [6.07, 6.45) is -6.10. The summed E-state index contributed by atoms with van der Waals surface area (Å²) in [5.41, 5.74) is 0.669. The van der Waals surface area contributed by atoms with Gasteiger partial charge in [-0.3, -0.25) is 4.79 Å². The molecule has 10 nitrogen and oxygen atoms in total. The van der Waals surface area contributed by atoms with Crippen LogP contribution in [0.25, 0.3) is 0 Å². The molecule has 0 unspecified atom stereocenters. The highest BCUT2D eigenvalue weighted by atomic mass is 127. The van der Waals surface area contributed by atoms with Crippen molar-refractivity contribution in [1.29, 1.82) is 0 Å². The molecular formula is C19H25IO10. The van der Waals surface area contributed by atoms with E-state index in [1.807, 2.05) is 22.6 Å². The number of aliphatic hydroxyl groups excluding tert-OH is 2. The fourth-order valence-corrected chi connectivity index (χ4v) is 3.77. The Kier molecular flexibility index (Phi) is 8.13. The predicted molar refractivity (Wildman–Crippen MR) is 111 cm³/mol. The van der Waals surface area contributed by atoms with E-state index in [1.165, 1.54) is 21.3 Å². The number of hydrogen-bond acceptors (Lipinski definition) is 10. The van der Waals surface area contributed by atoms with Crippen molar-refractivity contribution in [3.8, 4) is 17.2 Å². The summed E-state index contributed by atoms with van der Waals surface area (Å²) < 4.78 is 32.9. The van der Waals surface area contributed by atoms with Crippen molar-refractivity contribution in [2.24, 2.45) is 0 Å². The van der Waals surface area contributed by atoms with Gasteiger partial charge in [-0.25, -0.2) is 4.79 Å². The van der Waals surface area contributed by atoms with E-state index in [2.05, 4.69) is 0 Å². The summed E-state index contributed by atoms with van der Waals surface area (Å²) in [5, 5.41) is 20.5. The maximum atomic E-state index is 12.3. The number of benzene rings is 1. The second-order valence-corrected chi connectivity index (χ2v) is 7.66. The number of carbonyl (C=O) groups is 2. The minimum atomic E-state index is -1.44. The van der Waals surface area contributed by atoms with Crippen LogP contribution in [-0.4, -0.2) is 74.2 Å². The Labute approximate surface area is 187 Å². The lowest BCUT2D eigenvalue weighted by molar-refractivity contribution is -0.273. The van der Waals surface area contributed by atoms with Crippen molar-refractivity contribution in [3.63, 3.8) is 0 Å². The lowest BCUT2D eigenvalue weighted by Crippen LogP contribution is -2.59. The van der Waals surface area contributed by atoms with Gasteiger partial charge >= 0.3 is 11.9 Å². The number of esters is 2. The van der Waals surface area contributed by atoms with Crippen LogP contribution >= 0.6 is 22.6 Å². The molecule has 0 spiro atoms. The zero-order valence-corrected chi connectivity index (χ0v) is 19.6. The van der Waals surface area contributed by atoms with Gasteiger partial charge in [0.05, 0.1) is 31.0 Å². The van der Waals surface area contributed by atoms with Gasteiger partial charge in [-0.1, -0.05) is 0 Å². The highest BCUT2D eigenvalue weighted by Crippen LogP contribution is 2.47. The highest BCUT2D eigenvalue weighted by Gasteiger charge is 2.47. The first-order valence-corrected chi connectivity index (χ1v) is 10.0. The molecule has 11 heteroatoms. The highest BCUT2D eigenvalue weighted by molar-refractivity contribution is 14.1. The van der Waals surface area contributed by atoms with E-state index in [0.29, 0.717) is 9.13 Å². The lowest BCUT2D eigenvalue weighted by Gasteiger charge is -2.40. The van der Waals surface area contributed by atoms with Gasteiger partial charge in [0.15, 0.2) is 17.6 Å². The molecule has 168 valence electrons. The predicted octanol–water partition coefficient (Wildman–Crippen LogP) is 1.18. The average molecular weight is 540 g/mol. The molecule has 1 aliphatic rings. The van der Waals surface area contributed by atoms with Crippen LogP contribution in [0.2, 0.25) is 0 Å². The molecule has 1 aliphatic heterocycles. The number of aliphatic hydroxyl groups is 2. The third kappa shape index (κ3) is 4.58. The van der Waals surface area contributed by atoms with Crippen LogP contribution in [0.3, 0.4) is 0 Å². The second-order valence-electron chi connectivity index (χ2n) is 6.58. The van der Waals surface area contributed by atoms with Gasteiger partial charge in [0, 0.05) is 6.92 Å². The van der Waals surface area contributed by atoms with Crippen LogP contribution in [0.1, 0.15) is 29.8 Å². The molecule has 2 N–H and O–H groups in total. The molecule has 0 bridgehead atoms. The molecule has 0 aromatic heterocycles.